The minimum atomic E-state index is 1.01. The summed E-state index contributed by atoms with van der Waals surface area (Å²) in [5.74, 6) is 1.01. The van der Waals surface area contributed by atoms with Crippen LogP contribution in [0.5, 0.6) is 0 Å². The van der Waals surface area contributed by atoms with E-state index >= 15 is 0 Å². The van der Waals surface area contributed by atoms with Crippen molar-refractivity contribution in [3.8, 4) is 0 Å². The highest BCUT2D eigenvalue weighted by Gasteiger charge is 2.27. The fourth-order valence-electron chi connectivity index (χ4n) is 1.99. The van der Waals surface area contributed by atoms with E-state index in [0.29, 0.717) is 0 Å². The first-order chi connectivity index (χ1) is 7.04. The molecule has 0 unspecified atom stereocenters. The maximum absolute atomic E-state index is 4.06. The molecule has 0 aliphatic carbocycles. The lowest BCUT2D eigenvalue weighted by Crippen LogP contribution is -2.21. The summed E-state index contributed by atoms with van der Waals surface area (Å²) in [6, 6.07) is 6.33. The number of rotatable bonds is 1. The Hall–Kier alpha value is -1.64. The lowest BCUT2D eigenvalue weighted by molar-refractivity contribution is 1.05. The van der Waals surface area contributed by atoms with Gasteiger partial charge in [0.15, 0.2) is 0 Å². The molecule has 0 bridgehead atoms. The minimum absolute atomic E-state index is 1.01. The zero-order valence-corrected chi connectivity index (χ0v) is 9.78. The molecule has 1 heterocycles. The van der Waals surface area contributed by atoms with E-state index in [1.54, 1.807) is 0 Å². The van der Waals surface area contributed by atoms with E-state index in [1.807, 2.05) is 7.05 Å². The van der Waals surface area contributed by atoms with E-state index in [2.05, 4.69) is 60.6 Å². The SMILES string of the molecule is C=C1N(C)c2cccc(N(C)C)c2N1C. The van der Waals surface area contributed by atoms with Gasteiger partial charge in [0.05, 0.1) is 17.1 Å². The molecule has 15 heavy (non-hydrogen) atoms. The van der Waals surface area contributed by atoms with Crippen LogP contribution in [-0.2, 0) is 0 Å². The van der Waals surface area contributed by atoms with Gasteiger partial charge in [-0.1, -0.05) is 12.6 Å². The van der Waals surface area contributed by atoms with E-state index in [-0.39, 0.29) is 0 Å². The van der Waals surface area contributed by atoms with Crippen LogP contribution < -0.4 is 14.7 Å². The van der Waals surface area contributed by atoms with Crippen LogP contribution in [0, 0.1) is 0 Å². The average Bonchev–Trinajstić information content (AvgIpc) is 2.44. The van der Waals surface area contributed by atoms with E-state index in [9.17, 15) is 0 Å². The molecular weight excluding hydrogens is 186 g/mol. The second kappa shape index (κ2) is 3.19. The van der Waals surface area contributed by atoms with Crippen molar-refractivity contribution < 1.29 is 0 Å². The van der Waals surface area contributed by atoms with Crippen molar-refractivity contribution in [1.82, 2.24) is 0 Å². The normalized spacial score (nSPS) is 14.5. The fourth-order valence-corrected chi connectivity index (χ4v) is 1.99. The minimum Gasteiger partial charge on any atom is -0.376 e. The van der Waals surface area contributed by atoms with Gasteiger partial charge in [-0.15, -0.1) is 0 Å². The maximum atomic E-state index is 4.06. The molecule has 0 N–H and O–H groups in total. The number of benzene rings is 1. The van der Waals surface area contributed by atoms with Gasteiger partial charge in [0, 0.05) is 28.2 Å². The zero-order chi connectivity index (χ0) is 11.2. The number of hydrogen-bond donors (Lipinski definition) is 0. The monoisotopic (exact) mass is 203 g/mol. The number of fused-ring (bicyclic) bond motifs is 1. The molecule has 0 amide bonds. The van der Waals surface area contributed by atoms with Crippen LogP contribution in [-0.4, -0.2) is 28.2 Å². The Balaban J connectivity index is 2.63. The molecule has 0 fully saturated rings. The van der Waals surface area contributed by atoms with Gasteiger partial charge in [-0.2, -0.15) is 0 Å². The molecule has 0 radical (unpaired) electrons. The van der Waals surface area contributed by atoms with Crippen LogP contribution in [0.2, 0.25) is 0 Å². The van der Waals surface area contributed by atoms with Crippen LogP contribution in [0.25, 0.3) is 0 Å². The first-order valence-electron chi connectivity index (χ1n) is 5.00. The van der Waals surface area contributed by atoms with Crippen LogP contribution in [0.1, 0.15) is 0 Å². The molecule has 1 aromatic carbocycles. The number of hydrogen-bond acceptors (Lipinski definition) is 3. The highest BCUT2D eigenvalue weighted by atomic mass is 15.4. The van der Waals surface area contributed by atoms with Crippen LogP contribution >= 0.6 is 0 Å². The standard InChI is InChI=1S/C12H17N3/c1-9-14(4)11-8-6-7-10(13(2)3)12(11)15(9)5/h6-8H,1H2,2-5H3. The third-order valence-corrected chi connectivity index (χ3v) is 2.95. The Morgan fingerprint density at radius 3 is 2.40 bits per heavy atom. The Morgan fingerprint density at radius 2 is 1.80 bits per heavy atom. The molecular formula is C12H17N3. The molecule has 3 heteroatoms. The number of nitrogens with zero attached hydrogens (tertiary/aromatic N) is 3. The highest BCUT2D eigenvalue weighted by Crippen LogP contribution is 2.44. The molecule has 0 saturated heterocycles. The second-order valence-electron chi connectivity index (χ2n) is 4.07. The van der Waals surface area contributed by atoms with E-state index in [1.165, 1.54) is 17.1 Å². The van der Waals surface area contributed by atoms with Gasteiger partial charge in [0.1, 0.15) is 5.82 Å². The van der Waals surface area contributed by atoms with E-state index < -0.39 is 0 Å². The van der Waals surface area contributed by atoms with Gasteiger partial charge in [-0.05, 0) is 12.1 Å². The van der Waals surface area contributed by atoms with Gasteiger partial charge in [-0.25, -0.2) is 0 Å². The van der Waals surface area contributed by atoms with Crippen molar-refractivity contribution in [2.45, 2.75) is 0 Å². The summed E-state index contributed by atoms with van der Waals surface area (Å²) in [6.45, 7) is 4.06. The summed E-state index contributed by atoms with van der Waals surface area (Å²) in [5.41, 5.74) is 3.67. The molecule has 1 aliphatic rings. The Morgan fingerprint density at radius 1 is 1.13 bits per heavy atom. The molecule has 2 rings (SSSR count). The summed E-state index contributed by atoms with van der Waals surface area (Å²) in [7, 11) is 8.22. The first-order valence-corrected chi connectivity index (χ1v) is 5.00. The van der Waals surface area contributed by atoms with Crippen LogP contribution in [0.4, 0.5) is 17.1 Å². The smallest absolute Gasteiger partial charge is 0.105 e. The predicted octanol–water partition coefficient (Wildman–Crippen LogP) is 2.11. The first kappa shape index (κ1) is 9.90. The third-order valence-electron chi connectivity index (χ3n) is 2.95. The molecule has 1 aromatic rings. The summed E-state index contributed by atoms with van der Waals surface area (Å²) in [6.07, 6.45) is 0. The summed E-state index contributed by atoms with van der Waals surface area (Å²) < 4.78 is 0. The Labute approximate surface area is 91.2 Å². The Bertz CT molecular complexity index is 409. The van der Waals surface area contributed by atoms with Gasteiger partial charge in [0.25, 0.3) is 0 Å². The topological polar surface area (TPSA) is 9.72 Å². The molecule has 0 saturated carbocycles. The van der Waals surface area contributed by atoms with Crippen molar-refractivity contribution in [3.05, 3.63) is 30.6 Å². The second-order valence-corrected chi connectivity index (χ2v) is 4.07. The summed E-state index contributed by atoms with van der Waals surface area (Å²) >= 11 is 0. The fraction of sp³-hybridized carbons (Fsp3) is 0.333. The number of para-hydroxylation sites is 1. The molecule has 3 nitrogen and oxygen atoms in total. The zero-order valence-electron chi connectivity index (χ0n) is 9.78. The maximum Gasteiger partial charge on any atom is 0.105 e. The molecule has 1 aliphatic heterocycles. The van der Waals surface area contributed by atoms with Crippen molar-refractivity contribution in [3.63, 3.8) is 0 Å². The van der Waals surface area contributed by atoms with Crippen molar-refractivity contribution >= 4 is 17.1 Å². The van der Waals surface area contributed by atoms with E-state index in [4.69, 9.17) is 0 Å². The molecule has 0 atom stereocenters. The van der Waals surface area contributed by atoms with Gasteiger partial charge < -0.3 is 14.7 Å². The lowest BCUT2D eigenvalue weighted by atomic mass is 10.2. The molecule has 0 spiro atoms. The lowest BCUT2D eigenvalue weighted by Gasteiger charge is -2.20. The molecule has 80 valence electrons. The van der Waals surface area contributed by atoms with Gasteiger partial charge in [0.2, 0.25) is 0 Å². The van der Waals surface area contributed by atoms with Gasteiger partial charge in [-0.3, -0.25) is 0 Å². The Kier molecular flexibility index (Phi) is 2.11. The third kappa shape index (κ3) is 1.27. The van der Waals surface area contributed by atoms with Crippen molar-refractivity contribution in [2.24, 2.45) is 0 Å². The van der Waals surface area contributed by atoms with Crippen LogP contribution in [0.3, 0.4) is 0 Å². The largest absolute Gasteiger partial charge is 0.376 e. The predicted molar refractivity (Wildman–Crippen MR) is 66.7 cm³/mol. The van der Waals surface area contributed by atoms with Crippen LogP contribution in [0.15, 0.2) is 30.6 Å². The number of anilines is 3. The summed E-state index contributed by atoms with van der Waals surface area (Å²) in [5, 5.41) is 0. The summed E-state index contributed by atoms with van der Waals surface area (Å²) in [4.78, 5) is 6.37. The highest BCUT2D eigenvalue weighted by molar-refractivity contribution is 5.91. The average molecular weight is 203 g/mol. The van der Waals surface area contributed by atoms with Crippen molar-refractivity contribution in [1.29, 1.82) is 0 Å². The quantitative estimate of drug-likeness (QED) is 0.692. The van der Waals surface area contributed by atoms with Crippen molar-refractivity contribution in [2.75, 3.05) is 42.9 Å². The van der Waals surface area contributed by atoms with Gasteiger partial charge >= 0.3 is 0 Å². The van der Waals surface area contributed by atoms with E-state index in [0.717, 1.165) is 5.82 Å². The molecule has 0 aromatic heterocycles.